The summed E-state index contributed by atoms with van der Waals surface area (Å²) >= 11 is 1.27. The van der Waals surface area contributed by atoms with Crippen molar-refractivity contribution >= 4 is 28.7 Å². The maximum absolute atomic E-state index is 13.0. The van der Waals surface area contributed by atoms with Gasteiger partial charge in [0.05, 0.1) is 17.4 Å². The average Bonchev–Trinajstić information content (AvgIpc) is 3.42. The fraction of sp³-hybridized carbons (Fsp3) is 0.143. The van der Waals surface area contributed by atoms with Crippen molar-refractivity contribution in [3.63, 3.8) is 0 Å². The normalized spacial score (nSPS) is 17.1. The van der Waals surface area contributed by atoms with E-state index in [1.807, 2.05) is 0 Å². The molecule has 1 amide bonds. The van der Waals surface area contributed by atoms with Gasteiger partial charge in [-0.05, 0) is 60.3 Å². The van der Waals surface area contributed by atoms with Crippen LogP contribution in [-0.2, 0) is 11.0 Å². The van der Waals surface area contributed by atoms with E-state index in [1.165, 1.54) is 29.7 Å². The van der Waals surface area contributed by atoms with Gasteiger partial charge in [-0.2, -0.15) is 13.2 Å². The molecule has 0 fully saturated rings. The standard InChI is InChI=1S/C21H14F3NO4S/c1-11-8-10-30-19(11)16-15(17(26)14-3-2-9-29-14)18(27)20(28)25(16)13-6-4-12(5-7-13)21(22,23)24/h2-10,16,27H,1H3. The van der Waals surface area contributed by atoms with Gasteiger partial charge in [-0.3, -0.25) is 14.5 Å². The molecule has 4 rings (SSSR count). The van der Waals surface area contributed by atoms with Crippen LogP contribution in [0.25, 0.3) is 0 Å². The monoisotopic (exact) mass is 433 g/mol. The molecule has 1 atom stereocenters. The van der Waals surface area contributed by atoms with Gasteiger partial charge < -0.3 is 9.52 Å². The van der Waals surface area contributed by atoms with E-state index in [2.05, 4.69) is 0 Å². The molecule has 3 aromatic rings. The third-order valence-corrected chi connectivity index (χ3v) is 5.89. The first-order chi connectivity index (χ1) is 14.2. The number of carbonyl (C=O) groups excluding carboxylic acids is 2. The average molecular weight is 433 g/mol. The lowest BCUT2D eigenvalue weighted by atomic mass is 9.98. The topological polar surface area (TPSA) is 70.7 Å². The van der Waals surface area contributed by atoms with Gasteiger partial charge in [0.25, 0.3) is 5.91 Å². The number of aliphatic hydroxyl groups excluding tert-OH is 1. The minimum Gasteiger partial charge on any atom is -0.503 e. The smallest absolute Gasteiger partial charge is 0.416 e. The van der Waals surface area contributed by atoms with Gasteiger partial charge in [0.1, 0.15) is 6.04 Å². The number of hydrogen-bond acceptors (Lipinski definition) is 5. The summed E-state index contributed by atoms with van der Waals surface area (Å²) in [5.41, 5.74) is -0.153. The Labute approximate surface area is 172 Å². The molecule has 9 heteroatoms. The molecule has 1 N–H and O–H groups in total. The highest BCUT2D eigenvalue weighted by Gasteiger charge is 2.46. The molecule has 0 saturated heterocycles. The van der Waals surface area contributed by atoms with Gasteiger partial charge in [-0.25, -0.2) is 0 Å². The van der Waals surface area contributed by atoms with Crippen LogP contribution in [0.5, 0.6) is 0 Å². The van der Waals surface area contributed by atoms with Crippen molar-refractivity contribution in [2.75, 3.05) is 4.90 Å². The molecule has 0 aliphatic carbocycles. The molecule has 0 spiro atoms. The van der Waals surface area contributed by atoms with Crippen LogP contribution < -0.4 is 4.90 Å². The largest absolute Gasteiger partial charge is 0.503 e. The quantitative estimate of drug-likeness (QED) is 0.556. The van der Waals surface area contributed by atoms with Gasteiger partial charge in [-0.15, -0.1) is 11.3 Å². The number of alkyl halides is 3. The predicted molar refractivity (Wildman–Crippen MR) is 103 cm³/mol. The van der Waals surface area contributed by atoms with E-state index in [4.69, 9.17) is 4.42 Å². The number of halogens is 3. The van der Waals surface area contributed by atoms with Gasteiger partial charge in [0.2, 0.25) is 5.78 Å². The minimum absolute atomic E-state index is 0.0576. The molecule has 1 unspecified atom stereocenters. The van der Waals surface area contributed by atoms with E-state index in [1.54, 1.807) is 18.4 Å². The number of rotatable bonds is 4. The van der Waals surface area contributed by atoms with E-state index in [9.17, 15) is 27.9 Å². The molecule has 5 nitrogen and oxygen atoms in total. The Morgan fingerprint density at radius 3 is 2.40 bits per heavy atom. The van der Waals surface area contributed by atoms with Crippen molar-refractivity contribution in [1.29, 1.82) is 0 Å². The van der Waals surface area contributed by atoms with Crippen LogP contribution in [0.2, 0.25) is 0 Å². The number of hydrogen-bond donors (Lipinski definition) is 1. The zero-order chi connectivity index (χ0) is 21.6. The Bertz CT molecular complexity index is 1140. The number of benzene rings is 1. The Kier molecular flexibility index (Phi) is 4.77. The maximum Gasteiger partial charge on any atom is 0.416 e. The van der Waals surface area contributed by atoms with E-state index in [-0.39, 0.29) is 17.0 Å². The van der Waals surface area contributed by atoms with Crippen LogP contribution in [0.3, 0.4) is 0 Å². The summed E-state index contributed by atoms with van der Waals surface area (Å²) in [7, 11) is 0. The Morgan fingerprint density at radius 1 is 1.17 bits per heavy atom. The van der Waals surface area contributed by atoms with Gasteiger partial charge >= 0.3 is 6.18 Å². The Hall–Kier alpha value is -3.33. The fourth-order valence-corrected chi connectivity index (χ4v) is 4.39. The van der Waals surface area contributed by atoms with Crippen molar-refractivity contribution in [3.05, 3.63) is 87.2 Å². The van der Waals surface area contributed by atoms with Gasteiger partial charge in [0.15, 0.2) is 11.5 Å². The van der Waals surface area contributed by atoms with Crippen molar-refractivity contribution in [1.82, 2.24) is 0 Å². The number of furan rings is 1. The highest BCUT2D eigenvalue weighted by Crippen LogP contribution is 2.45. The number of ketones is 1. The first-order valence-corrected chi connectivity index (χ1v) is 9.64. The number of anilines is 1. The molecule has 0 saturated carbocycles. The molecule has 30 heavy (non-hydrogen) atoms. The van der Waals surface area contributed by atoms with Crippen molar-refractivity contribution in [3.8, 4) is 0 Å². The van der Waals surface area contributed by atoms with Crippen LogP contribution >= 0.6 is 11.3 Å². The second kappa shape index (κ2) is 7.17. The van der Waals surface area contributed by atoms with Crippen LogP contribution in [0, 0.1) is 6.92 Å². The summed E-state index contributed by atoms with van der Waals surface area (Å²) in [4.78, 5) is 27.7. The first kappa shape index (κ1) is 20.0. The molecule has 1 aromatic carbocycles. The summed E-state index contributed by atoms with van der Waals surface area (Å²) < 4.78 is 43.9. The van der Waals surface area contributed by atoms with E-state index < -0.39 is 35.2 Å². The first-order valence-electron chi connectivity index (χ1n) is 8.76. The number of aryl methyl sites for hydroxylation is 1. The lowest BCUT2D eigenvalue weighted by molar-refractivity contribution is -0.137. The van der Waals surface area contributed by atoms with Crippen LogP contribution in [-0.4, -0.2) is 16.8 Å². The molecular formula is C21H14F3NO4S. The SMILES string of the molecule is Cc1ccsc1C1C(C(=O)c2ccco2)=C(O)C(=O)N1c1ccc(C(F)(F)F)cc1. The Morgan fingerprint density at radius 2 is 1.87 bits per heavy atom. The highest BCUT2D eigenvalue weighted by atomic mass is 32.1. The third kappa shape index (κ3) is 3.21. The van der Waals surface area contributed by atoms with E-state index in [0.717, 1.165) is 34.7 Å². The molecule has 2 aromatic heterocycles. The zero-order valence-corrected chi connectivity index (χ0v) is 16.3. The van der Waals surface area contributed by atoms with Gasteiger partial charge in [0, 0.05) is 10.6 Å². The van der Waals surface area contributed by atoms with Crippen LogP contribution in [0.1, 0.15) is 32.6 Å². The number of Topliss-reactive ketones (excluding diaryl/α,β-unsaturated/α-hetero) is 1. The summed E-state index contributed by atoms with van der Waals surface area (Å²) in [6.07, 6.45) is -3.24. The van der Waals surface area contributed by atoms with Crippen molar-refractivity contribution in [2.45, 2.75) is 19.1 Å². The van der Waals surface area contributed by atoms with E-state index >= 15 is 0 Å². The second-order valence-electron chi connectivity index (χ2n) is 6.66. The highest BCUT2D eigenvalue weighted by molar-refractivity contribution is 7.10. The van der Waals surface area contributed by atoms with E-state index in [0.29, 0.717) is 4.88 Å². The van der Waals surface area contributed by atoms with Crippen LogP contribution in [0.15, 0.2) is 69.9 Å². The minimum atomic E-state index is -4.53. The fourth-order valence-electron chi connectivity index (χ4n) is 3.37. The molecule has 154 valence electrons. The maximum atomic E-state index is 13.0. The lowest BCUT2D eigenvalue weighted by Crippen LogP contribution is -2.31. The predicted octanol–water partition coefficient (Wildman–Crippen LogP) is 5.45. The number of thiophene rings is 1. The third-order valence-electron chi connectivity index (χ3n) is 4.82. The lowest BCUT2D eigenvalue weighted by Gasteiger charge is -2.26. The summed E-state index contributed by atoms with van der Waals surface area (Å²) in [6, 6.07) is 7.70. The molecule has 3 heterocycles. The van der Waals surface area contributed by atoms with Crippen LogP contribution in [0.4, 0.5) is 18.9 Å². The number of nitrogens with zero attached hydrogens (tertiary/aromatic N) is 1. The number of amides is 1. The molecule has 1 aliphatic rings. The Balaban J connectivity index is 1.84. The molecule has 0 bridgehead atoms. The molecule has 1 aliphatic heterocycles. The summed E-state index contributed by atoms with van der Waals surface area (Å²) in [6.45, 7) is 1.78. The van der Waals surface area contributed by atoms with Crippen molar-refractivity contribution < 1.29 is 32.3 Å². The summed E-state index contributed by atoms with van der Waals surface area (Å²) in [5.74, 6) is -2.35. The zero-order valence-electron chi connectivity index (χ0n) is 15.4. The summed E-state index contributed by atoms with van der Waals surface area (Å²) in [5, 5.41) is 12.3. The van der Waals surface area contributed by atoms with Crippen molar-refractivity contribution in [2.24, 2.45) is 0 Å². The number of aliphatic hydroxyl groups is 1. The number of carbonyl (C=O) groups is 2. The second-order valence-corrected chi connectivity index (χ2v) is 7.61. The van der Waals surface area contributed by atoms with Gasteiger partial charge in [-0.1, -0.05) is 0 Å². The molecule has 0 radical (unpaired) electrons. The molecular weight excluding hydrogens is 419 g/mol.